The van der Waals surface area contributed by atoms with Crippen molar-refractivity contribution in [3.63, 3.8) is 0 Å². The van der Waals surface area contributed by atoms with E-state index in [1.54, 1.807) is 6.07 Å². The molecule has 142 valence electrons. The van der Waals surface area contributed by atoms with Gasteiger partial charge in [-0.3, -0.25) is 9.59 Å². The fraction of sp³-hybridized carbons (Fsp3) is 0.333. The van der Waals surface area contributed by atoms with Crippen LogP contribution in [0.5, 0.6) is 0 Å². The summed E-state index contributed by atoms with van der Waals surface area (Å²) in [6.45, 7) is 4.08. The molecule has 9 heteroatoms. The Morgan fingerprint density at radius 2 is 1.93 bits per heavy atom. The molecule has 1 aromatic carbocycles. The number of carbonyl (C=O) groups is 2. The minimum Gasteiger partial charge on any atom is -0.442 e. The van der Waals surface area contributed by atoms with Crippen molar-refractivity contribution in [3.8, 4) is 5.69 Å². The van der Waals surface area contributed by atoms with Crippen LogP contribution in [0.3, 0.4) is 0 Å². The highest BCUT2D eigenvalue weighted by atomic mass is 19.1. The van der Waals surface area contributed by atoms with Gasteiger partial charge in [-0.1, -0.05) is 12.1 Å². The van der Waals surface area contributed by atoms with Crippen molar-refractivity contribution in [2.24, 2.45) is 0 Å². The summed E-state index contributed by atoms with van der Waals surface area (Å²) in [4.78, 5) is 37.5. The van der Waals surface area contributed by atoms with Crippen molar-refractivity contribution in [3.05, 3.63) is 58.3 Å². The van der Waals surface area contributed by atoms with Gasteiger partial charge < -0.3 is 15.0 Å². The van der Waals surface area contributed by atoms with E-state index in [1.807, 2.05) is 13.8 Å². The zero-order valence-corrected chi connectivity index (χ0v) is 14.9. The highest BCUT2D eigenvalue weighted by molar-refractivity contribution is 5.92. The zero-order chi connectivity index (χ0) is 19.6. The maximum atomic E-state index is 13.9. The second-order valence-electron chi connectivity index (χ2n) is 6.46. The van der Waals surface area contributed by atoms with Crippen molar-refractivity contribution < 1.29 is 18.7 Å². The van der Waals surface area contributed by atoms with Crippen LogP contribution in [0, 0.1) is 5.82 Å². The smallest absolute Gasteiger partial charge is 0.407 e. The van der Waals surface area contributed by atoms with Crippen LogP contribution < -0.4 is 10.9 Å². The van der Waals surface area contributed by atoms with Crippen LogP contribution in [0.15, 0.2) is 41.2 Å². The Bertz CT molecular complexity index is 922. The van der Waals surface area contributed by atoms with Crippen molar-refractivity contribution >= 4 is 12.0 Å². The molecule has 0 spiro atoms. The Hall–Kier alpha value is -3.23. The summed E-state index contributed by atoms with van der Waals surface area (Å²) in [5.41, 5.74) is -0.581. The van der Waals surface area contributed by atoms with Gasteiger partial charge in [0.25, 0.3) is 11.5 Å². The lowest BCUT2D eigenvalue weighted by molar-refractivity contribution is -0.00740. The molecule has 2 amide bonds. The molecular formula is C18H19FN4O4. The molecule has 8 nitrogen and oxygen atoms in total. The molecule has 1 aliphatic heterocycles. The van der Waals surface area contributed by atoms with Gasteiger partial charge in [-0.15, -0.1) is 0 Å². The van der Waals surface area contributed by atoms with Crippen molar-refractivity contribution in [1.82, 2.24) is 20.0 Å². The van der Waals surface area contributed by atoms with Gasteiger partial charge in [0.1, 0.15) is 23.3 Å². The van der Waals surface area contributed by atoms with E-state index in [0.29, 0.717) is 0 Å². The number of benzene rings is 1. The highest BCUT2D eigenvalue weighted by Gasteiger charge is 2.35. The average Bonchev–Trinajstić information content (AvgIpc) is 2.58. The summed E-state index contributed by atoms with van der Waals surface area (Å²) >= 11 is 0. The molecule has 0 atom stereocenters. The van der Waals surface area contributed by atoms with Gasteiger partial charge in [0.2, 0.25) is 0 Å². The Labute approximate surface area is 154 Å². The Balaban J connectivity index is 1.69. The predicted molar refractivity (Wildman–Crippen MR) is 94.2 cm³/mol. The molecular weight excluding hydrogens is 355 g/mol. The normalized spacial score (nSPS) is 14.0. The number of para-hydroxylation sites is 1. The van der Waals surface area contributed by atoms with Gasteiger partial charge in [0.05, 0.1) is 13.1 Å². The molecule has 0 saturated carbocycles. The second kappa shape index (κ2) is 7.56. The number of nitrogens with one attached hydrogen (secondary N) is 1. The molecule has 27 heavy (non-hydrogen) atoms. The second-order valence-corrected chi connectivity index (χ2v) is 6.46. The van der Waals surface area contributed by atoms with Gasteiger partial charge in [-0.2, -0.15) is 9.78 Å². The Morgan fingerprint density at radius 3 is 2.59 bits per heavy atom. The molecule has 1 saturated heterocycles. The fourth-order valence-corrected chi connectivity index (χ4v) is 2.58. The van der Waals surface area contributed by atoms with Crippen molar-refractivity contribution in [1.29, 1.82) is 0 Å². The first-order valence-corrected chi connectivity index (χ1v) is 8.47. The van der Waals surface area contributed by atoms with Crippen LogP contribution in [0.4, 0.5) is 9.18 Å². The van der Waals surface area contributed by atoms with E-state index in [-0.39, 0.29) is 30.5 Å². The molecule has 0 radical (unpaired) electrons. The number of alkyl carbamates (subject to hydrolysis) is 1. The van der Waals surface area contributed by atoms with Crippen LogP contribution in [0.1, 0.15) is 24.3 Å². The SMILES string of the molecule is CC(C)NC(=O)OC1CN(C(=O)c2ccc(=O)n(-c3ccccc3F)n2)C1. The average molecular weight is 374 g/mol. The Morgan fingerprint density at radius 1 is 1.22 bits per heavy atom. The maximum absolute atomic E-state index is 13.9. The summed E-state index contributed by atoms with van der Waals surface area (Å²) < 4.78 is 20.0. The van der Waals surface area contributed by atoms with E-state index in [4.69, 9.17) is 4.74 Å². The lowest BCUT2D eigenvalue weighted by Crippen LogP contribution is -2.56. The monoisotopic (exact) mass is 374 g/mol. The minimum atomic E-state index is -0.620. The first-order valence-electron chi connectivity index (χ1n) is 8.47. The molecule has 0 aliphatic carbocycles. The van der Waals surface area contributed by atoms with Gasteiger partial charge in [-0.25, -0.2) is 9.18 Å². The van der Waals surface area contributed by atoms with Crippen LogP contribution in [0.25, 0.3) is 5.69 Å². The molecule has 2 aromatic rings. The lowest BCUT2D eigenvalue weighted by atomic mass is 10.1. The molecule has 3 rings (SSSR count). The summed E-state index contributed by atoms with van der Waals surface area (Å²) in [7, 11) is 0. The van der Waals surface area contributed by atoms with E-state index in [2.05, 4.69) is 10.4 Å². The first kappa shape index (κ1) is 18.6. The van der Waals surface area contributed by atoms with Gasteiger partial charge in [0.15, 0.2) is 0 Å². The maximum Gasteiger partial charge on any atom is 0.407 e. The van der Waals surface area contributed by atoms with Crippen LogP contribution in [-0.2, 0) is 4.74 Å². The number of amides is 2. The van der Waals surface area contributed by atoms with E-state index in [1.165, 1.54) is 29.2 Å². The summed E-state index contributed by atoms with van der Waals surface area (Å²) in [6, 6.07) is 8.09. The molecule has 1 aromatic heterocycles. The molecule has 1 N–H and O–H groups in total. The third-order valence-electron chi connectivity index (χ3n) is 3.92. The number of carbonyl (C=O) groups excluding carboxylic acids is 2. The number of likely N-dealkylation sites (tertiary alicyclic amines) is 1. The van der Waals surface area contributed by atoms with E-state index in [9.17, 15) is 18.8 Å². The van der Waals surface area contributed by atoms with Crippen LogP contribution in [-0.4, -0.2) is 51.9 Å². The number of aromatic nitrogens is 2. The molecule has 2 heterocycles. The topological polar surface area (TPSA) is 93.5 Å². The Kier molecular flexibility index (Phi) is 5.20. The first-order chi connectivity index (χ1) is 12.8. The van der Waals surface area contributed by atoms with Gasteiger partial charge in [0, 0.05) is 12.1 Å². The number of halogens is 1. The highest BCUT2D eigenvalue weighted by Crippen LogP contribution is 2.16. The standard InChI is InChI=1S/C18H19FN4O4/c1-11(2)20-18(26)27-12-9-22(10-12)17(25)14-7-8-16(24)23(21-14)15-6-4-3-5-13(15)19/h3-8,11-12H,9-10H2,1-2H3,(H,20,26). The zero-order valence-electron chi connectivity index (χ0n) is 14.9. The molecule has 1 fully saturated rings. The van der Waals surface area contributed by atoms with Crippen LogP contribution in [0.2, 0.25) is 0 Å². The minimum absolute atomic E-state index is 0.00272. The van der Waals surface area contributed by atoms with Crippen molar-refractivity contribution in [2.75, 3.05) is 13.1 Å². The summed E-state index contributed by atoms with van der Waals surface area (Å²) in [6.07, 6.45) is -0.932. The quantitative estimate of drug-likeness (QED) is 0.871. The molecule has 1 aliphatic rings. The largest absolute Gasteiger partial charge is 0.442 e. The number of rotatable bonds is 4. The van der Waals surface area contributed by atoms with Gasteiger partial charge in [-0.05, 0) is 32.0 Å². The molecule has 0 unspecified atom stereocenters. The van der Waals surface area contributed by atoms with Crippen molar-refractivity contribution in [2.45, 2.75) is 26.0 Å². The molecule has 0 bridgehead atoms. The fourth-order valence-electron chi connectivity index (χ4n) is 2.58. The van der Waals surface area contributed by atoms with Gasteiger partial charge >= 0.3 is 6.09 Å². The third-order valence-corrected chi connectivity index (χ3v) is 3.92. The summed E-state index contributed by atoms with van der Waals surface area (Å²) in [5.74, 6) is -1.05. The van der Waals surface area contributed by atoms with Crippen LogP contribution >= 0.6 is 0 Å². The predicted octanol–water partition coefficient (Wildman–Crippen LogP) is 1.33. The lowest BCUT2D eigenvalue weighted by Gasteiger charge is -2.38. The van der Waals surface area contributed by atoms with E-state index >= 15 is 0 Å². The number of ether oxygens (including phenoxy) is 1. The number of nitrogens with zero attached hydrogens (tertiary/aromatic N) is 3. The van der Waals surface area contributed by atoms with E-state index < -0.39 is 29.5 Å². The summed E-state index contributed by atoms with van der Waals surface area (Å²) in [5, 5.41) is 6.59. The van der Waals surface area contributed by atoms with E-state index in [0.717, 1.165) is 10.7 Å². The third kappa shape index (κ3) is 4.13. The number of hydrogen-bond acceptors (Lipinski definition) is 5. The number of hydrogen-bond donors (Lipinski definition) is 1.